The second kappa shape index (κ2) is 4.70. The Morgan fingerprint density at radius 3 is 2.53 bits per heavy atom. The highest BCUT2D eigenvalue weighted by molar-refractivity contribution is 6.33. The number of rotatable bonds is 2. The SMILES string of the molecule is ClCc1cccc(Cl)c1N1CC2CCCC2C1. The first-order valence-electron chi connectivity index (χ1n) is 6.38. The van der Waals surface area contributed by atoms with E-state index in [1.165, 1.54) is 30.5 Å². The topological polar surface area (TPSA) is 3.24 Å². The van der Waals surface area contributed by atoms with Crippen molar-refractivity contribution in [1.82, 2.24) is 0 Å². The van der Waals surface area contributed by atoms with E-state index in [1.54, 1.807) is 0 Å². The molecule has 1 aromatic rings. The molecule has 0 bridgehead atoms. The average molecular weight is 270 g/mol. The summed E-state index contributed by atoms with van der Waals surface area (Å²) in [4.78, 5) is 2.45. The van der Waals surface area contributed by atoms with Gasteiger partial charge in [-0.2, -0.15) is 0 Å². The van der Waals surface area contributed by atoms with Crippen molar-refractivity contribution < 1.29 is 0 Å². The number of hydrogen-bond acceptors (Lipinski definition) is 1. The third-order valence-electron chi connectivity index (χ3n) is 4.26. The van der Waals surface area contributed by atoms with Gasteiger partial charge in [-0.25, -0.2) is 0 Å². The van der Waals surface area contributed by atoms with E-state index in [0.717, 1.165) is 29.9 Å². The number of hydrogen-bond donors (Lipinski definition) is 0. The molecule has 2 fully saturated rings. The van der Waals surface area contributed by atoms with E-state index in [9.17, 15) is 0 Å². The highest BCUT2D eigenvalue weighted by atomic mass is 35.5. The molecule has 1 saturated carbocycles. The van der Waals surface area contributed by atoms with Gasteiger partial charge in [-0.15, -0.1) is 11.6 Å². The molecular weight excluding hydrogens is 253 g/mol. The van der Waals surface area contributed by atoms with Gasteiger partial charge in [0, 0.05) is 19.0 Å². The number of halogens is 2. The molecule has 0 radical (unpaired) electrons. The lowest BCUT2D eigenvalue weighted by molar-refractivity contribution is 0.494. The smallest absolute Gasteiger partial charge is 0.0642 e. The second-order valence-corrected chi connectivity index (χ2v) is 5.91. The molecule has 3 rings (SSSR count). The molecule has 0 amide bonds. The summed E-state index contributed by atoms with van der Waals surface area (Å²) in [5.41, 5.74) is 2.35. The molecule has 3 heteroatoms. The maximum Gasteiger partial charge on any atom is 0.0642 e. The Bertz CT molecular complexity index is 407. The minimum Gasteiger partial charge on any atom is -0.369 e. The van der Waals surface area contributed by atoms with Crippen molar-refractivity contribution in [2.24, 2.45) is 11.8 Å². The summed E-state index contributed by atoms with van der Waals surface area (Å²) in [6.45, 7) is 2.33. The van der Waals surface area contributed by atoms with Gasteiger partial charge >= 0.3 is 0 Å². The van der Waals surface area contributed by atoms with Gasteiger partial charge in [-0.05, 0) is 36.3 Å². The molecule has 0 N–H and O–H groups in total. The zero-order valence-electron chi connectivity index (χ0n) is 9.83. The van der Waals surface area contributed by atoms with Crippen molar-refractivity contribution in [3.05, 3.63) is 28.8 Å². The Hall–Kier alpha value is -0.400. The van der Waals surface area contributed by atoms with Gasteiger partial charge in [0.1, 0.15) is 0 Å². The molecule has 1 aliphatic carbocycles. The van der Waals surface area contributed by atoms with Gasteiger partial charge < -0.3 is 4.90 Å². The van der Waals surface area contributed by atoms with Crippen molar-refractivity contribution in [3.8, 4) is 0 Å². The summed E-state index contributed by atoms with van der Waals surface area (Å²) in [6.07, 6.45) is 4.19. The summed E-state index contributed by atoms with van der Waals surface area (Å²) in [6, 6.07) is 6.05. The van der Waals surface area contributed by atoms with Gasteiger partial charge in [-0.1, -0.05) is 30.2 Å². The highest BCUT2D eigenvalue weighted by Gasteiger charge is 2.37. The molecule has 1 aliphatic heterocycles. The molecule has 2 aliphatic rings. The summed E-state index contributed by atoms with van der Waals surface area (Å²) in [7, 11) is 0. The predicted molar refractivity (Wildman–Crippen MR) is 74.1 cm³/mol. The van der Waals surface area contributed by atoms with Gasteiger partial charge in [-0.3, -0.25) is 0 Å². The third kappa shape index (κ3) is 2.04. The van der Waals surface area contributed by atoms with Crippen LogP contribution >= 0.6 is 23.2 Å². The quantitative estimate of drug-likeness (QED) is 0.723. The van der Waals surface area contributed by atoms with Gasteiger partial charge in [0.2, 0.25) is 0 Å². The molecule has 0 aromatic heterocycles. The second-order valence-electron chi connectivity index (χ2n) is 5.24. The largest absolute Gasteiger partial charge is 0.369 e. The van der Waals surface area contributed by atoms with Crippen LogP contribution in [0.3, 0.4) is 0 Å². The fourth-order valence-corrected chi connectivity index (χ4v) is 3.97. The lowest BCUT2D eigenvalue weighted by Crippen LogP contribution is -2.22. The average Bonchev–Trinajstić information content (AvgIpc) is 2.88. The molecule has 92 valence electrons. The Labute approximate surface area is 113 Å². The summed E-state index contributed by atoms with van der Waals surface area (Å²) < 4.78 is 0. The van der Waals surface area contributed by atoms with E-state index in [1.807, 2.05) is 12.1 Å². The predicted octanol–water partition coefficient (Wildman–Crippen LogP) is 4.32. The van der Waals surface area contributed by atoms with Crippen LogP contribution in [-0.2, 0) is 5.88 Å². The fraction of sp³-hybridized carbons (Fsp3) is 0.571. The van der Waals surface area contributed by atoms with Crippen molar-refractivity contribution >= 4 is 28.9 Å². The maximum absolute atomic E-state index is 6.34. The summed E-state index contributed by atoms with van der Waals surface area (Å²) in [5, 5.41) is 0.850. The molecule has 2 atom stereocenters. The van der Waals surface area contributed by atoms with E-state index in [0.29, 0.717) is 5.88 Å². The van der Waals surface area contributed by atoms with Crippen LogP contribution in [0.2, 0.25) is 5.02 Å². The van der Waals surface area contributed by atoms with Crippen molar-refractivity contribution in [3.63, 3.8) is 0 Å². The zero-order chi connectivity index (χ0) is 11.8. The Morgan fingerprint density at radius 2 is 1.88 bits per heavy atom. The molecule has 1 heterocycles. The highest BCUT2D eigenvalue weighted by Crippen LogP contribution is 2.42. The van der Waals surface area contributed by atoms with Crippen LogP contribution < -0.4 is 4.90 Å². The molecule has 1 saturated heterocycles. The van der Waals surface area contributed by atoms with Crippen LogP contribution in [0.5, 0.6) is 0 Å². The lowest BCUT2D eigenvalue weighted by Gasteiger charge is -2.23. The number of anilines is 1. The van der Waals surface area contributed by atoms with Crippen LogP contribution in [0.1, 0.15) is 24.8 Å². The van der Waals surface area contributed by atoms with E-state index in [-0.39, 0.29) is 0 Å². The number of para-hydroxylation sites is 1. The summed E-state index contributed by atoms with van der Waals surface area (Å²) >= 11 is 12.4. The minimum absolute atomic E-state index is 0.543. The molecule has 0 spiro atoms. The summed E-state index contributed by atoms with van der Waals surface area (Å²) in [5.74, 6) is 2.31. The van der Waals surface area contributed by atoms with E-state index in [4.69, 9.17) is 23.2 Å². The van der Waals surface area contributed by atoms with E-state index >= 15 is 0 Å². The number of alkyl halides is 1. The zero-order valence-corrected chi connectivity index (χ0v) is 11.3. The Kier molecular flexibility index (Phi) is 3.23. The fourth-order valence-electron chi connectivity index (χ4n) is 3.44. The van der Waals surface area contributed by atoms with Crippen LogP contribution in [0.15, 0.2) is 18.2 Å². The molecule has 17 heavy (non-hydrogen) atoms. The van der Waals surface area contributed by atoms with E-state index < -0.39 is 0 Å². The van der Waals surface area contributed by atoms with Crippen molar-refractivity contribution in [1.29, 1.82) is 0 Å². The Morgan fingerprint density at radius 1 is 1.18 bits per heavy atom. The monoisotopic (exact) mass is 269 g/mol. The van der Waals surface area contributed by atoms with E-state index in [2.05, 4.69) is 11.0 Å². The molecular formula is C14H17Cl2N. The lowest BCUT2D eigenvalue weighted by atomic mass is 10.0. The van der Waals surface area contributed by atoms with Crippen LogP contribution in [0, 0.1) is 11.8 Å². The molecule has 2 unspecified atom stereocenters. The normalized spacial score (nSPS) is 27.5. The first-order chi connectivity index (χ1) is 8.29. The van der Waals surface area contributed by atoms with Crippen LogP contribution in [0.25, 0.3) is 0 Å². The third-order valence-corrected chi connectivity index (χ3v) is 4.85. The number of nitrogens with zero attached hydrogens (tertiary/aromatic N) is 1. The standard InChI is InChI=1S/C14H17Cl2N/c15-7-10-3-2-6-13(16)14(10)17-8-11-4-1-5-12(11)9-17/h2-3,6,11-12H,1,4-5,7-9H2. The van der Waals surface area contributed by atoms with Gasteiger partial charge in [0.15, 0.2) is 0 Å². The number of fused-ring (bicyclic) bond motifs is 1. The molecule has 1 aromatic carbocycles. The minimum atomic E-state index is 0.543. The Balaban J connectivity index is 1.90. The van der Waals surface area contributed by atoms with Gasteiger partial charge in [0.05, 0.1) is 10.7 Å². The first-order valence-corrected chi connectivity index (χ1v) is 7.29. The first kappa shape index (κ1) is 11.7. The van der Waals surface area contributed by atoms with Crippen molar-refractivity contribution in [2.45, 2.75) is 25.1 Å². The number of benzene rings is 1. The van der Waals surface area contributed by atoms with Gasteiger partial charge in [0.25, 0.3) is 0 Å². The maximum atomic E-state index is 6.34. The van der Waals surface area contributed by atoms with Crippen molar-refractivity contribution in [2.75, 3.05) is 18.0 Å². The molecule has 1 nitrogen and oxygen atoms in total. The van der Waals surface area contributed by atoms with Crippen LogP contribution in [0.4, 0.5) is 5.69 Å². The van der Waals surface area contributed by atoms with Crippen LogP contribution in [-0.4, -0.2) is 13.1 Å².